The van der Waals surface area contributed by atoms with Gasteiger partial charge in [-0.25, -0.2) is 9.97 Å². The predicted molar refractivity (Wildman–Crippen MR) is 74.3 cm³/mol. The number of anilines is 1. The zero-order valence-electron chi connectivity index (χ0n) is 11.8. The van der Waals surface area contributed by atoms with Crippen LogP contribution in [0.2, 0.25) is 0 Å². The molecule has 0 aromatic carbocycles. The second-order valence-electron chi connectivity index (χ2n) is 4.88. The van der Waals surface area contributed by atoms with Gasteiger partial charge < -0.3 is 14.8 Å². The van der Waals surface area contributed by atoms with E-state index >= 15 is 0 Å². The van der Waals surface area contributed by atoms with E-state index in [0.717, 1.165) is 56.4 Å². The maximum absolute atomic E-state index is 5.53. The van der Waals surface area contributed by atoms with Gasteiger partial charge in [0, 0.05) is 32.2 Å². The van der Waals surface area contributed by atoms with Crippen molar-refractivity contribution < 1.29 is 9.47 Å². The van der Waals surface area contributed by atoms with Gasteiger partial charge in [-0.05, 0) is 19.3 Å². The molecule has 0 radical (unpaired) electrons. The van der Waals surface area contributed by atoms with E-state index in [-0.39, 0.29) is 0 Å². The average Bonchev–Trinajstić information content (AvgIpc) is 2.46. The third kappa shape index (κ3) is 4.14. The molecular weight excluding hydrogens is 242 g/mol. The molecule has 1 atom stereocenters. The lowest BCUT2D eigenvalue weighted by atomic mass is 10.0. The molecule has 1 aromatic rings. The zero-order chi connectivity index (χ0) is 13.5. The van der Waals surface area contributed by atoms with Gasteiger partial charge in [-0.3, -0.25) is 0 Å². The fourth-order valence-electron chi connectivity index (χ4n) is 2.21. The summed E-state index contributed by atoms with van der Waals surface area (Å²) in [4.78, 5) is 9.22. The molecule has 0 saturated carbocycles. The van der Waals surface area contributed by atoms with Crippen molar-refractivity contribution in [1.82, 2.24) is 9.97 Å². The van der Waals surface area contributed by atoms with Crippen molar-refractivity contribution in [3.63, 3.8) is 0 Å². The molecule has 0 spiro atoms. The molecule has 1 saturated heterocycles. The van der Waals surface area contributed by atoms with Gasteiger partial charge >= 0.3 is 0 Å². The zero-order valence-corrected chi connectivity index (χ0v) is 11.8. The summed E-state index contributed by atoms with van der Waals surface area (Å²) in [5, 5.41) is 3.33. The Labute approximate surface area is 114 Å². The first-order valence-corrected chi connectivity index (χ1v) is 7.02. The number of hydrogen-bond donors (Lipinski definition) is 1. The SMILES string of the molecule is CCCNc1cc(COC)nc(C2CCCOC2)n1. The van der Waals surface area contributed by atoms with Gasteiger partial charge in [0.25, 0.3) is 0 Å². The highest BCUT2D eigenvalue weighted by Crippen LogP contribution is 2.24. The minimum Gasteiger partial charge on any atom is -0.381 e. The Morgan fingerprint density at radius 1 is 1.47 bits per heavy atom. The van der Waals surface area contributed by atoms with Crippen molar-refractivity contribution in [3.8, 4) is 0 Å². The fraction of sp³-hybridized carbons (Fsp3) is 0.714. The summed E-state index contributed by atoms with van der Waals surface area (Å²) < 4.78 is 10.7. The van der Waals surface area contributed by atoms with E-state index in [2.05, 4.69) is 22.2 Å². The summed E-state index contributed by atoms with van der Waals surface area (Å²) >= 11 is 0. The summed E-state index contributed by atoms with van der Waals surface area (Å²) in [6, 6.07) is 1.96. The maximum Gasteiger partial charge on any atom is 0.136 e. The van der Waals surface area contributed by atoms with Crippen molar-refractivity contribution in [1.29, 1.82) is 0 Å². The molecule has 1 fully saturated rings. The Hall–Kier alpha value is -1.20. The van der Waals surface area contributed by atoms with E-state index < -0.39 is 0 Å². The summed E-state index contributed by atoms with van der Waals surface area (Å²) in [6.45, 7) is 5.16. The van der Waals surface area contributed by atoms with Gasteiger partial charge in [-0.1, -0.05) is 6.92 Å². The van der Waals surface area contributed by atoms with E-state index in [1.807, 2.05) is 6.07 Å². The molecule has 2 heterocycles. The van der Waals surface area contributed by atoms with Crippen molar-refractivity contribution in [2.75, 3.05) is 32.2 Å². The van der Waals surface area contributed by atoms with Crippen LogP contribution in [-0.4, -0.2) is 36.8 Å². The van der Waals surface area contributed by atoms with Crippen molar-refractivity contribution in [3.05, 3.63) is 17.6 Å². The molecule has 106 valence electrons. The summed E-state index contributed by atoms with van der Waals surface area (Å²) in [5.41, 5.74) is 0.927. The first-order valence-electron chi connectivity index (χ1n) is 7.02. The molecule has 2 rings (SSSR count). The highest BCUT2D eigenvalue weighted by atomic mass is 16.5. The molecule has 0 aliphatic carbocycles. The van der Waals surface area contributed by atoms with E-state index in [1.165, 1.54) is 0 Å². The summed E-state index contributed by atoms with van der Waals surface area (Å²) in [7, 11) is 1.69. The van der Waals surface area contributed by atoms with Crippen LogP contribution in [0.4, 0.5) is 5.82 Å². The molecule has 1 unspecified atom stereocenters. The van der Waals surface area contributed by atoms with Crippen LogP contribution in [0.1, 0.15) is 43.6 Å². The van der Waals surface area contributed by atoms with Crippen LogP contribution < -0.4 is 5.32 Å². The van der Waals surface area contributed by atoms with Crippen LogP contribution in [0.5, 0.6) is 0 Å². The monoisotopic (exact) mass is 265 g/mol. The largest absolute Gasteiger partial charge is 0.381 e. The van der Waals surface area contributed by atoms with Crippen LogP contribution in [0.3, 0.4) is 0 Å². The minimum atomic E-state index is 0.313. The second kappa shape index (κ2) is 7.40. The third-order valence-electron chi connectivity index (χ3n) is 3.17. The summed E-state index contributed by atoms with van der Waals surface area (Å²) in [6.07, 6.45) is 3.26. The molecule has 1 aliphatic rings. The minimum absolute atomic E-state index is 0.313. The van der Waals surface area contributed by atoms with Gasteiger partial charge in [-0.15, -0.1) is 0 Å². The van der Waals surface area contributed by atoms with Crippen LogP contribution in [0, 0.1) is 0 Å². The van der Waals surface area contributed by atoms with Crippen molar-refractivity contribution in [2.24, 2.45) is 0 Å². The van der Waals surface area contributed by atoms with Gasteiger partial charge in [-0.2, -0.15) is 0 Å². The van der Waals surface area contributed by atoms with Gasteiger partial charge in [0.1, 0.15) is 11.6 Å². The van der Waals surface area contributed by atoms with Gasteiger partial charge in [0.05, 0.1) is 18.9 Å². The first kappa shape index (κ1) is 14.2. The molecule has 19 heavy (non-hydrogen) atoms. The van der Waals surface area contributed by atoms with Crippen LogP contribution in [0.15, 0.2) is 6.07 Å². The Bertz CT molecular complexity index is 392. The number of ether oxygens (including phenoxy) is 2. The van der Waals surface area contributed by atoms with Crippen LogP contribution in [-0.2, 0) is 16.1 Å². The quantitative estimate of drug-likeness (QED) is 0.855. The molecule has 1 aromatic heterocycles. The number of nitrogens with one attached hydrogen (secondary N) is 1. The Kier molecular flexibility index (Phi) is 5.54. The normalized spacial score (nSPS) is 19.4. The first-order chi connectivity index (χ1) is 9.33. The lowest BCUT2D eigenvalue weighted by Crippen LogP contribution is -2.19. The molecule has 1 aliphatic heterocycles. The van der Waals surface area contributed by atoms with Crippen molar-refractivity contribution >= 4 is 5.82 Å². The highest BCUT2D eigenvalue weighted by Gasteiger charge is 2.20. The molecule has 0 bridgehead atoms. The predicted octanol–water partition coefficient (Wildman–Crippen LogP) is 2.34. The molecule has 5 nitrogen and oxygen atoms in total. The second-order valence-corrected chi connectivity index (χ2v) is 4.88. The number of methoxy groups -OCH3 is 1. The Morgan fingerprint density at radius 3 is 3.05 bits per heavy atom. The standard InChI is InChI=1S/C14H23N3O2/c1-3-6-15-13-8-12(10-18-2)16-14(17-13)11-5-4-7-19-9-11/h8,11H,3-7,9-10H2,1-2H3,(H,15,16,17). The number of nitrogens with zero attached hydrogens (tertiary/aromatic N) is 2. The molecule has 5 heteroatoms. The Morgan fingerprint density at radius 2 is 2.37 bits per heavy atom. The number of rotatable bonds is 6. The lowest BCUT2D eigenvalue weighted by Gasteiger charge is -2.21. The lowest BCUT2D eigenvalue weighted by molar-refractivity contribution is 0.0778. The van der Waals surface area contributed by atoms with Gasteiger partial charge in [0.2, 0.25) is 0 Å². The van der Waals surface area contributed by atoms with Crippen molar-refractivity contribution in [2.45, 2.75) is 38.7 Å². The van der Waals surface area contributed by atoms with E-state index in [9.17, 15) is 0 Å². The Balaban J connectivity index is 2.17. The molecule has 1 N–H and O–H groups in total. The summed E-state index contributed by atoms with van der Waals surface area (Å²) in [5.74, 6) is 2.09. The van der Waals surface area contributed by atoms with E-state index in [4.69, 9.17) is 9.47 Å². The molecule has 0 amide bonds. The molecular formula is C14H23N3O2. The van der Waals surface area contributed by atoms with Crippen LogP contribution in [0.25, 0.3) is 0 Å². The number of hydrogen-bond acceptors (Lipinski definition) is 5. The smallest absolute Gasteiger partial charge is 0.136 e. The highest BCUT2D eigenvalue weighted by molar-refractivity contribution is 5.36. The third-order valence-corrected chi connectivity index (χ3v) is 3.17. The maximum atomic E-state index is 5.53. The fourth-order valence-corrected chi connectivity index (χ4v) is 2.21. The van der Waals surface area contributed by atoms with Crippen LogP contribution >= 0.6 is 0 Å². The average molecular weight is 265 g/mol. The van der Waals surface area contributed by atoms with E-state index in [1.54, 1.807) is 7.11 Å². The van der Waals surface area contributed by atoms with E-state index in [0.29, 0.717) is 12.5 Å². The van der Waals surface area contributed by atoms with Gasteiger partial charge in [0.15, 0.2) is 0 Å². The number of aromatic nitrogens is 2. The topological polar surface area (TPSA) is 56.3 Å².